The van der Waals surface area contributed by atoms with Crippen molar-refractivity contribution in [3.8, 4) is 0 Å². The van der Waals surface area contributed by atoms with Crippen molar-refractivity contribution in [2.24, 2.45) is 0 Å². The molecule has 0 aliphatic heterocycles. The van der Waals surface area contributed by atoms with E-state index in [2.05, 4.69) is 73.4 Å². The first-order valence-corrected chi connectivity index (χ1v) is 7.93. The second kappa shape index (κ2) is 4.11. The molecule has 1 nitrogen and oxygen atoms in total. The summed E-state index contributed by atoms with van der Waals surface area (Å²) in [6.45, 7) is 0. The lowest BCUT2D eigenvalue weighted by atomic mass is 10.1. The van der Waals surface area contributed by atoms with E-state index in [1.54, 1.807) is 0 Å². The summed E-state index contributed by atoms with van der Waals surface area (Å²) in [5.74, 6) is 8.45. The molecule has 2 aromatic rings. The average molecular weight is 245 g/mol. The number of fused-ring (bicyclic) bond motifs is 1. The summed E-state index contributed by atoms with van der Waals surface area (Å²) in [4.78, 5) is 3.42. The Morgan fingerprint density at radius 2 is 1.53 bits per heavy atom. The number of hydrogen-bond acceptors (Lipinski definition) is 1. The van der Waals surface area contributed by atoms with Gasteiger partial charge in [0.15, 0.2) is 0 Å². The second-order valence-corrected chi connectivity index (χ2v) is 7.79. The molecule has 90 valence electrons. The highest BCUT2D eigenvalue weighted by Crippen LogP contribution is 2.37. The molecule has 0 saturated heterocycles. The molecule has 0 atom stereocenters. The fourth-order valence-electron chi connectivity index (χ4n) is 2.08. The van der Waals surface area contributed by atoms with Crippen LogP contribution in [-0.4, -0.2) is 32.1 Å². The van der Waals surface area contributed by atoms with Crippen LogP contribution < -0.4 is 4.90 Å². The zero-order chi connectivity index (χ0) is 12.6. The molecule has 0 amide bonds. The molecule has 17 heavy (non-hydrogen) atoms. The lowest BCUT2D eigenvalue weighted by Crippen LogP contribution is -2.08. The van der Waals surface area contributed by atoms with Crippen LogP contribution in [0.3, 0.4) is 0 Å². The van der Waals surface area contributed by atoms with Crippen molar-refractivity contribution in [1.82, 2.24) is 0 Å². The summed E-state index contributed by atoms with van der Waals surface area (Å²) in [6, 6.07) is 12.8. The van der Waals surface area contributed by atoms with Gasteiger partial charge in [0.1, 0.15) is 0 Å². The maximum absolute atomic E-state index is 4.22. The largest absolute Gasteiger partial charge is 0.377 e. The standard InChI is InChI=1S/C15H19NS/c1-16(2)14-10-6-9-13-12(14)8-7-11-15(13)17(3,4)5/h6-11H,3-4H2,1-2,5H3. The SMILES string of the molecule is C=S(=C)(C)c1cccc2c(N(C)C)cccc12. The topological polar surface area (TPSA) is 3.24 Å². The van der Waals surface area contributed by atoms with E-state index in [1.807, 2.05) is 0 Å². The van der Waals surface area contributed by atoms with Gasteiger partial charge in [0.25, 0.3) is 0 Å². The lowest BCUT2D eigenvalue weighted by molar-refractivity contribution is 1.14. The molecule has 0 radical (unpaired) electrons. The third-order valence-corrected chi connectivity index (χ3v) is 4.29. The molecule has 2 rings (SSSR count). The zero-order valence-corrected chi connectivity index (χ0v) is 11.6. The Morgan fingerprint density at radius 3 is 2.12 bits per heavy atom. The molecule has 0 aliphatic rings. The van der Waals surface area contributed by atoms with Gasteiger partial charge in [-0.1, -0.05) is 36.0 Å². The van der Waals surface area contributed by atoms with Gasteiger partial charge in [0, 0.05) is 30.1 Å². The summed E-state index contributed by atoms with van der Waals surface area (Å²) in [6.07, 6.45) is 2.13. The van der Waals surface area contributed by atoms with E-state index < -0.39 is 9.21 Å². The Hall–Kier alpha value is -1.41. The number of anilines is 1. The highest BCUT2D eigenvalue weighted by molar-refractivity contribution is 8.27. The van der Waals surface area contributed by atoms with Crippen LogP contribution in [-0.2, 0) is 0 Å². The maximum atomic E-state index is 4.22. The van der Waals surface area contributed by atoms with Gasteiger partial charge in [-0.15, -0.1) is 0 Å². The Kier molecular flexibility index (Phi) is 2.92. The molecule has 0 fully saturated rings. The minimum Gasteiger partial charge on any atom is -0.377 e. The number of hydrogen-bond donors (Lipinski definition) is 0. The minimum atomic E-state index is -1.19. The molecule has 0 spiro atoms. The fraction of sp³-hybridized carbons (Fsp3) is 0.200. The average Bonchev–Trinajstić information content (AvgIpc) is 2.26. The maximum Gasteiger partial charge on any atom is 0.0441 e. The van der Waals surface area contributed by atoms with Gasteiger partial charge in [0.2, 0.25) is 0 Å². The summed E-state index contributed by atoms with van der Waals surface area (Å²) >= 11 is 0. The van der Waals surface area contributed by atoms with Crippen molar-refractivity contribution in [3.05, 3.63) is 36.4 Å². The fourth-order valence-corrected chi connectivity index (χ4v) is 3.20. The highest BCUT2D eigenvalue weighted by atomic mass is 32.2. The summed E-state index contributed by atoms with van der Waals surface area (Å²) in [5.41, 5.74) is 1.24. The van der Waals surface area contributed by atoms with Gasteiger partial charge in [-0.25, -0.2) is 0 Å². The molecule has 0 aromatic heterocycles. The summed E-state index contributed by atoms with van der Waals surface area (Å²) in [5, 5.41) is 2.56. The first-order valence-electron chi connectivity index (χ1n) is 5.55. The van der Waals surface area contributed by atoms with E-state index in [1.165, 1.54) is 21.4 Å². The second-order valence-electron chi connectivity index (χ2n) is 4.80. The van der Waals surface area contributed by atoms with Crippen molar-refractivity contribution >= 4 is 37.4 Å². The highest BCUT2D eigenvalue weighted by Gasteiger charge is 2.07. The van der Waals surface area contributed by atoms with Gasteiger partial charge in [-0.3, -0.25) is 0 Å². The molecular weight excluding hydrogens is 226 g/mol. The third-order valence-electron chi connectivity index (χ3n) is 2.87. The van der Waals surface area contributed by atoms with Crippen LogP contribution in [0.25, 0.3) is 10.8 Å². The van der Waals surface area contributed by atoms with Crippen LogP contribution in [0.1, 0.15) is 0 Å². The van der Waals surface area contributed by atoms with Crippen LogP contribution in [0.5, 0.6) is 0 Å². The van der Waals surface area contributed by atoms with Gasteiger partial charge >= 0.3 is 0 Å². The van der Waals surface area contributed by atoms with Crippen molar-refractivity contribution in [2.75, 3.05) is 25.3 Å². The predicted octanol–water partition coefficient (Wildman–Crippen LogP) is 3.56. The monoisotopic (exact) mass is 245 g/mol. The van der Waals surface area contributed by atoms with Crippen molar-refractivity contribution < 1.29 is 0 Å². The van der Waals surface area contributed by atoms with Crippen LogP contribution in [0, 0.1) is 0 Å². The number of nitrogens with zero attached hydrogens (tertiary/aromatic N) is 1. The van der Waals surface area contributed by atoms with Gasteiger partial charge in [0.05, 0.1) is 0 Å². The lowest BCUT2D eigenvalue weighted by Gasteiger charge is -2.18. The first kappa shape index (κ1) is 12.1. The van der Waals surface area contributed by atoms with E-state index in [0.29, 0.717) is 0 Å². The predicted molar refractivity (Wildman–Crippen MR) is 84.3 cm³/mol. The van der Waals surface area contributed by atoms with Crippen molar-refractivity contribution in [3.63, 3.8) is 0 Å². The van der Waals surface area contributed by atoms with Crippen LogP contribution in [0.2, 0.25) is 0 Å². The Labute approximate surface area is 104 Å². The molecule has 0 heterocycles. The van der Waals surface area contributed by atoms with Gasteiger partial charge < -0.3 is 4.90 Å². The smallest absolute Gasteiger partial charge is 0.0441 e. The normalized spacial score (nSPS) is 11.7. The molecule has 0 bridgehead atoms. The first-order chi connectivity index (χ1) is 7.91. The summed E-state index contributed by atoms with van der Waals surface area (Å²) in [7, 11) is 2.95. The number of rotatable bonds is 2. The molecule has 0 unspecified atom stereocenters. The molecule has 2 heteroatoms. The summed E-state index contributed by atoms with van der Waals surface area (Å²) < 4.78 is 0. The molecule has 0 N–H and O–H groups in total. The van der Waals surface area contributed by atoms with E-state index in [9.17, 15) is 0 Å². The Bertz CT molecular complexity index is 652. The van der Waals surface area contributed by atoms with Gasteiger partial charge in [-0.05, 0) is 23.8 Å². The molecule has 0 saturated carbocycles. The Morgan fingerprint density at radius 1 is 0.941 bits per heavy atom. The van der Waals surface area contributed by atoms with Crippen molar-refractivity contribution in [2.45, 2.75) is 4.90 Å². The molecule has 0 aliphatic carbocycles. The van der Waals surface area contributed by atoms with Crippen LogP contribution in [0.4, 0.5) is 5.69 Å². The van der Waals surface area contributed by atoms with E-state index in [4.69, 9.17) is 0 Å². The third kappa shape index (κ3) is 2.18. The minimum absolute atomic E-state index is 1.19. The quantitative estimate of drug-likeness (QED) is 0.731. The van der Waals surface area contributed by atoms with Crippen LogP contribution >= 0.6 is 9.21 Å². The van der Waals surface area contributed by atoms with Crippen molar-refractivity contribution in [1.29, 1.82) is 0 Å². The zero-order valence-electron chi connectivity index (χ0n) is 10.7. The molecule has 2 aromatic carbocycles. The van der Waals surface area contributed by atoms with Crippen LogP contribution in [0.15, 0.2) is 41.3 Å². The van der Waals surface area contributed by atoms with E-state index in [0.717, 1.165) is 0 Å². The Balaban J connectivity index is 2.89. The van der Waals surface area contributed by atoms with Gasteiger partial charge in [-0.2, -0.15) is 9.21 Å². The molecular formula is C15H19NS. The number of benzene rings is 2. The van der Waals surface area contributed by atoms with E-state index in [-0.39, 0.29) is 0 Å². The van der Waals surface area contributed by atoms with E-state index >= 15 is 0 Å².